The van der Waals surface area contributed by atoms with Crippen molar-refractivity contribution in [3.63, 3.8) is 0 Å². The van der Waals surface area contributed by atoms with Crippen LogP contribution < -0.4 is 0 Å². The van der Waals surface area contributed by atoms with Gasteiger partial charge in [0.15, 0.2) is 5.82 Å². The molecule has 1 atom stereocenters. The van der Waals surface area contributed by atoms with E-state index in [9.17, 15) is 9.18 Å². The van der Waals surface area contributed by atoms with E-state index >= 15 is 0 Å². The van der Waals surface area contributed by atoms with Crippen molar-refractivity contribution in [2.24, 2.45) is 0 Å². The Morgan fingerprint density at radius 1 is 1.33 bits per heavy atom. The Morgan fingerprint density at radius 2 is 2.12 bits per heavy atom. The first-order valence-electron chi connectivity index (χ1n) is 8.28. The van der Waals surface area contributed by atoms with Crippen molar-refractivity contribution in [2.45, 2.75) is 25.4 Å². The predicted octanol–water partition coefficient (Wildman–Crippen LogP) is 2.96. The van der Waals surface area contributed by atoms with Crippen molar-refractivity contribution in [3.8, 4) is 0 Å². The molecule has 0 aliphatic carbocycles. The minimum Gasteiger partial charge on any atom is -0.337 e. The molecule has 1 amide bonds. The third-order valence-corrected chi connectivity index (χ3v) is 4.60. The molecule has 1 aromatic heterocycles. The molecule has 1 aliphatic heterocycles. The smallest absolute Gasteiger partial charge is 0.256 e. The number of likely N-dealkylation sites (tertiary alicyclic amines) is 1. The van der Waals surface area contributed by atoms with Crippen molar-refractivity contribution in [1.82, 2.24) is 14.8 Å². The van der Waals surface area contributed by atoms with E-state index < -0.39 is 5.82 Å². The number of pyridine rings is 1. The number of aromatic nitrogens is 1. The van der Waals surface area contributed by atoms with E-state index in [2.05, 4.69) is 22.0 Å². The van der Waals surface area contributed by atoms with Crippen LogP contribution in [0.15, 0.2) is 48.8 Å². The molecule has 0 saturated carbocycles. The lowest BCUT2D eigenvalue weighted by molar-refractivity contribution is 0.0604. The van der Waals surface area contributed by atoms with Crippen molar-refractivity contribution in [2.75, 3.05) is 20.1 Å². The van der Waals surface area contributed by atoms with Gasteiger partial charge < -0.3 is 4.90 Å². The van der Waals surface area contributed by atoms with Crippen molar-refractivity contribution in [1.29, 1.82) is 0 Å². The molecule has 1 aromatic carbocycles. The van der Waals surface area contributed by atoms with Gasteiger partial charge in [0.25, 0.3) is 5.91 Å². The number of amides is 1. The summed E-state index contributed by atoms with van der Waals surface area (Å²) in [5.74, 6) is -0.840. The summed E-state index contributed by atoms with van der Waals surface area (Å²) >= 11 is 0. The highest BCUT2D eigenvalue weighted by molar-refractivity contribution is 5.94. The van der Waals surface area contributed by atoms with Gasteiger partial charge in [-0.05, 0) is 31.0 Å². The molecule has 4 nitrogen and oxygen atoms in total. The summed E-state index contributed by atoms with van der Waals surface area (Å²) in [4.78, 5) is 20.3. The topological polar surface area (TPSA) is 36.4 Å². The Morgan fingerprint density at radius 3 is 2.88 bits per heavy atom. The largest absolute Gasteiger partial charge is 0.337 e. The molecule has 24 heavy (non-hydrogen) atoms. The number of carbonyl (C=O) groups is 1. The highest BCUT2D eigenvalue weighted by Crippen LogP contribution is 2.19. The Hall–Kier alpha value is -2.27. The molecule has 126 valence electrons. The SMILES string of the molecule is CN(C(=O)c1ccncc1F)[C@H]1CCCN(Cc2ccccc2)C1. The number of benzene rings is 1. The van der Waals surface area contributed by atoms with Gasteiger partial charge in [-0.1, -0.05) is 30.3 Å². The van der Waals surface area contributed by atoms with E-state index in [0.717, 1.165) is 38.7 Å². The summed E-state index contributed by atoms with van der Waals surface area (Å²) in [7, 11) is 1.76. The molecule has 0 unspecified atom stereocenters. The van der Waals surface area contributed by atoms with E-state index in [-0.39, 0.29) is 17.5 Å². The highest BCUT2D eigenvalue weighted by atomic mass is 19.1. The highest BCUT2D eigenvalue weighted by Gasteiger charge is 2.27. The molecule has 1 saturated heterocycles. The number of piperidine rings is 1. The summed E-state index contributed by atoms with van der Waals surface area (Å²) in [5, 5.41) is 0. The van der Waals surface area contributed by atoms with Gasteiger partial charge in [0.05, 0.1) is 11.8 Å². The number of halogens is 1. The molecular weight excluding hydrogens is 305 g/mol. The zero-order valence-corrected chi connectivity index (χ0v) is 13.9. The van der Waals surface area contributed by atoms with Gasteiger partial charge in [0.2, 0.25) is 0 Å². The van der Waals surface area contributed by atoms with Gasteiger partial charge in [0, 0.05) is 32.4 Å². The monoisotopic (exact) mass is 327 g/mol. The van der Waals surface area contributed by atoms with E-state index in [1.165, 1.54) is 17.8 Å². The first kappa shape index (κ1) is 16.6. The average Bonchev–Trinajstić information content (AvgIpc) is 2.62. The lowest BCUT2D eigenvalue weighted by Crippen LogP contribution is -2.48. The average molecular weight is 327 g/mol. The van der Waals surface area contributed by atoms with Crippen LogP contribution >= 0.6 is 0 Å². The minimum atomic E-state index is -0.564. The first-order valence-corrected chi connectivity index (χ1v) is 8.28. The van der Waals surface area contributed by atoms with Crippen molar-refractivity contribution in [3.05, 3.63) is 65.7 Å². The lowest BCUT2D eigenvalue weighted by atomic mass is 10.0. The Bertz CT molecular complexity index is 692. The number of hydrogen-bond acceptors (Lipinski definition) is 3. The van der Waals surface area contributed by atoms with E-state index in [1.54, 1.807) is 11.9 Å². The second kappa shape index (κ2) is 7.53. The number of carbonyl (C=O) groups excluding carboxylic acids is 1. The molecule has 0 spiro atoms. The van der Waals surface area contributed by atoms with Gasteiger partial charge in [-0.25, -0.2) is 4.39 Å². The van der Waals surface area contributed by atoms with Crippen LogP contribution in [0.1, 0.15) is 28.8 Å². The third kappa shape index (κ3) is 3.79. The van der Waals surface area contributed by atoms with E-state index in [0.29, 0.717) is 0 Å². The maximum atomic E-state index is 13.8. The molecule has 2 aromatic rings. The Labute approximate surface area is 141 Å². The van der Waals surface area contributed by atoms with Gasteiger partial charge in [-0.3, -0.25) is 14.7 Å². The quantitative estimate of drug-likeness (QED) is 0.866. The zero-order chi connectivity index (χ0) is 16.9. The van der Waals surface area contributed by atoms with Crippen LogP contribution in [0, 0.1) is 5.82 Å². The van der Waals surface area contributed by atoms with Crippen molar-refractivity contribution < 1.29 is 9.18 Å². The normalized spacial score (nSPS) is 18.3. The van der Waals surface area contributed by atoms with Crippen LogP contribution in [-0.4, -0.2) is 46.9 Å². The second-order valence-corrected chi connectivity index (χ2v) is 6.29. The van der Waals surface area contributed by atoms with Crippen LogP contribution in [0.4, 0.5) is 4.39 Å². The lowest BCUT2D eigenvalue weighted by Gasteiger charge is -2.37. The van der Waals surface area contributed by atoms with Crippen LogP contribution in [0.25, 0.3) is 0 Å². The first-order chi connectivity index (χ1) is 11.6. The maximum absolute atomic E-state index is 13.8. The molecule has 0 N–H and O–H groups in total. The standard InChI is InChI=1S/C19H22FN3O/c1-22(19(24)17-9-10-21-12-18(17)20)16-8-5-11-23(14-16)13-15-6-3-2-4-7-15/h2-4,6-7,9-10,12,16H,5,8,11,13-14H2,1H3/t16-/m0/s1. The summed E-state index contributed by atoms with van der Waals surface area (Å²) in [5.41, 5.74) is 1.36. The molecule has 0 bridgehead atoms. The summed E-state index contributed by atoms with van der Waals surface area (Å²) < 4.78 is 13.8. The molecule has 0 radical (unpaired) electrons. The molecule has 5 heteroatoms. The maximum Gasteiger partial charge on any atom is 0.256 e. The predicted molar refractivity (Wildman–Crippen MR) is 91.0 cm³/mol. The molecule has 1 fully saturated rings. The molecule has 2 heterocycles. The number of nitrogens with zero attached hydrogens (tertiary/aromatic N) is 3. The van der Waals surface area contributed by atoms with Crippen LogP contribution in [0.2, 0.25) is 0 Å². The van der Waals surface area contributed by atoms with Gasteiger partial charge >= 0.3 is 0 Å². The summed E-state index contributed by atoms with van der Waals surface area (Å²) in [6.07, 6.45) is 4.52. The van der Waals surface area contributed by atoms with Crippen LogP contribution in [0.3, 0.4) is 0 Å². The van der Waals surface area contributed by atoms with Crippen LogP contribution in [-0.2, 0) is 6.54 Å². The Kier molecular flexibility index (Phi) is 5.20. The van der Waals surface area contributed by atoms with Gasteiger partial charge in [0.1, 0.15) is 0 Å². The van der Waals surface area contributed by atoms with E-state index in [4.69, 9.17) is 0 Å². The van der Waals surface area contributed by atoms with Crippen molar-refractivity contribution >= 4 is 5.91 Å². The fourth-order valence-electron chi connectivity index (χ4n) is 3.24. The second-order valence-electron chi connectivity index (χ2n) is 6.29. The van der Waals surface area contributed by atoms with Gasteiger partial charge in [-0.2, -0.15) is 0 Å². The molecule has 1 aliphatic rings. The number of hydrogen-bond donors (Lipinski definition) is 0. The Balaban J connectivity index is 1.65. The number of rotatable bonds is 4. The minimum absolute atomic E-state index is 0.0904. The number of likely N-dealkylation sites (N-methyl/N-ethyl adjacent to an activating group) is 1. The van der Waals surface area contributed by atoms with E-state index in [1.807, 2.05) is 18.2 Å². The third-order valence-electron chi connectivity index (χ3n) is 4.60. The summed E-state index contributed by atoms with van der Waals surface area (Å²) in [6.45, 7) is 2.71. The fourth-order valence-corrected chi connectivity index (χ4v) is 3.24. The molecule has 3 rings (SSSR count). The molecular formula is C19H22FN3O. The van der Waals surface area contributed by atoms with Gasteiger partial charge in [-0.15, -0.1) is 0 Å². The summed E-state index contributed by atoms with van der Waals surface area (Å²) in [6, 6.07) is 11.9. The zero-order valence-electron chi connectivity index (χ0n) is 13.9. The fraction of sp³-hybridized carbons (Fsp3) is 0.368. The van der Waals surface area contributed by atoms with Crippen LogP contribution in [0.5, 0.6) is 0 Å².